The van der Waals surface area contributed by atoms with E-state index in [2.05, 4.69) is 49.1 Å². The molecule has 15 heavy (non-hydrogen) atoms. The van der Waals surface area contributed by atoms with Gasteiger partial charge in [-0.1, -0.05) is 32.5 Å². The van der Waals surface area contributed by atoms with Crippen molar-refractivity contribution >= 4 is 23.3 Å². The van der Waals surface area contributed by atoms with Gasteiger partial charge in [0.1, 0.15) is 5.82 Å². The topological polar surface area (TPSA) is 29.0 Å². The van der Waals surface area contributed by atoms with Gasteiger partial charge in [0, 0.05) is 17.7 Å². The SMILES string of the molecule is CN(C)CCSc1nc(C(C)(C)C)ns1. The quantitative estimate of drug-likeness (QED) is 0.762. The van der Waals surface area contributed by atoms with Crippen LogP contribution in [0.4, 0.5) is 0 Å². The van der Waals surface area contributed by atoms with Crippen LogP contribution in [0.5, 0.6) is 0 Å². The van der Waals surface area contributed by atoms with Crippen LogP contribution in [-0.4, -0.2) is 40.7 Å². The van der Waals surface area contributed by atoms with E-state index in [-0.39, 0.29) is 5.41 Å². The summed E-state index contributed by atoms with van der Waals surface area (Å²) in [4.78, 5) is 6.71. The summed E-state index contributed by atoms with van der Waals surface area (Å²) in [6.45, 7) is 7.51. The number of hydrogen-bond acceptors (Lipinski definition) is 5. The molecule has 0 spiro atoms. The second kappa shape index (κ2) is 5.27. The van der Waals surface area contributed by atoms with Gasteiger partial charge in [-0.15, -0.1) is 0 Å². The maximum Gasteiger partial charge on any atom is 0.170 e. The van der Waals surface area contributed by atoms with Gasteiger partial charge in [0.15, 0.2) is 4.34 Å². The molecule has 1 rings (SSSR count). The van der Waals surface area contributed by atoms with Gasteiger partial charge in [0.25, 0.3) is 0 Å². The van der Waals surface area contributed by atoms with Crippen LogP contribution in [0.25, 0.3) is 0 Å². The monoisotopic (exact) mass is 245 g/mol. The fraction of sp³-hybridized carbons (Fsp3) is 0.800. The second-order valence-corrected chi connectivity index (χ2v) is 6.88. The van der Waals surface area contributed by atoms with Crippen molar-refractivity contribution in [1.29, 1.82) is 0 Å². The molecule has 0 aliphatic heterocycles. The lowest BCUT2D eigenvalue weighted by Crippen LogP contribution is -2.15. The van der Waals surface area contributed by atoms with E-state index in [9.17, 15) is 0 Å². The number of aromatic nitrogens is 2. The van der Waals surface area contributed by atoms with Crippen molar-refractivity contribution in [3.05, 3.63) is 5.82 Å². The molecule has 0 aromatic carbocycles. The molecule has 0 saturated heterocycles. The third-order valence-corrected chi connectivity index (χ3v) is 3.66. The molecule has 0 bridgehead atoms. The van der Waals surface area contributed by atoms with E-state index in [0.29, 0.717) is 0 Å². The molecule has 0 aliphatic carbocycles. The first kappa shape index (κ1) is 12.9. The highest BCUT2D eigenvalue weighted by Crippen LogP contribution is 2.25. The highest BCUT2D eigenvalue weighted by atomic mass is 32.2. The van der Waals surface area contributed by atoms with Crippen LogP contribution < -0.4 is 0 Å². The fourth-order valence-electron chi connectivity index (χ4n) is 0.888. The Morgan fingerprint density at radius 2 is 2.00 bits per heavy atom. The van der Waals surface area contributed by atoms with Crippen LogP contribution >= 0.6 is 23.3 Å². The average molecular weight is 245 g/mol. The lowest BCUT2D eigenvalue weighted by Gasteiger charge is -2.12. The minimum Gasteiger partial charge on any atom is -0.309 e. The summed E-state index contributed by atoms with van der Waals surface area (Å²) in [5.41, 5.74) is 0.0663. The van der Waals surface area contributed by atoms with Crippen molar-refractivity contribution in [2.45, 2.75) is 30.5 Å². The van der Waals surface area contributed by atoms with E-state index in [4.69, 9.17) is 0 Å². The van der Waals surface area contributed by atoms with Crippen LogP contribution in [-0.2, 0) is 5.41 Å². The number of thioether (sulfide) groups is 1. The smallest absolute Gasteiger partial charge is 0.170 e. The van der Waals surface area contributed by atoms with Crippen LogP contribution in [0, 0.1) is 0 Å². The van der Waals surface area contributed by atoms with Crippen LogP contribution in [0.1, 0.15) is 26.6 Å². The minimum atomic E-state index is 0.0663. The predicted molar refractivity (Wildman–Crippen MR) is 67.9 cm³/mol. The van der Waals surface area contributed by atoms with Gasteiger partial charge in [0.2, 0.25) is 0 Å². The Labute approximate surface area is 100 Å². The Kier molecular flexibility index (Phi) is 4.55. The maximum absolute atomic E-state index is 4.53. The fourth-order valence-corrected chi connectivity index (χ4v) is 2.85. The van der Waals surface area contributed by atoms with Crippen molar-refractivity contribution in [2.75, 3.05) is 26.4 Å². The van der Waals surface area contributed by atoms with Crippen LogP contribution in [0.3, 0.4) is 0 Å². The van der Waals surface area contributed by atoms with Crippen molar-refractivity contribution < 1.29 is 0 Å². The third kappa shape index (κ3) is 4.49. The zero-order chi connectivity index (χ0) is 11.5. The number of hydrogen-bond donors (Lipinski definition) is 0. The Balaban J connectivity index is 2.47. The standard InChI is InChI=1S/C10H19N3S2/c1-10(2,3)8-11-9(15-12-8)14-7-6-13(4)5/h6-7H2,1-5H3. The molecule has 5 heteroatoms. The van der Waals surface area contributed by atoms with Crippen LogP contribution in [0.15, 0.2) is 4.34 Å². The lowest BCUT2D eigenvalue weighted by atomic mass is 9.96. The highest BCUT2D eigenvalue weighted by molar-refractivity contribution is 8.00. The molecule has 0 radical (unpaired) electrons. The summed E-state index contributed by atoms with van der Waals surface area (Å²) in [6.07, 6.45) is 0. The van der Waals surface area contributed by atoms with E-state index >= 15 is 0 Å². The van der Waals surface area contributed by atoms with Gasteiger partial charge in [-0.05, 0) is 25.6 Å². The van der Waals surface area contributed by atoms with E-state index in [1.807, 2.05) is 0 Å². The van der Waals surface area contributed by atoms with Gasteiger partial charge in [-0.25, -0.2) is 4.98 Å². The Bertz CT molecular complexity index is 302. The highest BCUT2D eigenvalue weighted by Gasteiger charge is 2.19. The maximum atomic E-state index is 4.53. The zero-order valence-corrected chi connectivity index (χ0v) is 11.7. The summed E-state index contributed by atoms with van der Waals surface area (Å²) < 4.78 is 5.47. The number of nitrogens with zero attached hydrogens (tertiary/aromatic N) is 3. The largest absolute Gasteiger partial charge is 0.309 e. The molecule has 3 nitrogen and oxygen atoms in total. The molecule has 0 atom stereocenters. The molecule has 86 valence electrons. The van der Waals surface area contributed by atoms with Crippen molar-refractivity contribution in [2.24, 2.45) is 0 Å². The first-order valence-electron chi connectivity index (χ1n) is 5.01. The molecule has 0 saturated carbocycles. The van der Waals surface area contributed by atoms with Gasteiger partial charge in [-0.2, -0.15) is 4.37 Å². The summed E-state index contributed by atoms with van der Waals surface area (Å²) in [5, 5.41) is 0. The van der Waals surface area contributed by atoms with E-state index in [1.165, 1.54) is 11.5 Å². The Morgan fingerprint density at radius 1 is 1.33 bits per heavy atom. The predicted octanol–water partition coefficient (Wildman–Crippen LogP) is 2.49. The number of rotatable bonds is 4. The van der Waals surface area contributed by atoms with E-state index in [1.54, 1.807) is 11.8 Å². The van der Waals surface area contributed by atoms with Crippen molar-refractivity contribution in [3.63, 3.8) is 0 Å². The first-order chi connectivity index (χ1) is 6.89. The van der Waals surface area contributed by atoms with Crippen molar-refractivity contribution in [3.8, 4) is 0 Å². The van der Waals surface area contributed by atoms with Gasteiger partial charge < -0.3 is 4.90 Å². The van der Waals surface area contributed by atoms with E-state index in [0.717, 1.165) is 22.5 Å². The second-order valence-electron chi connectivity index (χ2n) is 4.79. The summed E-state index contributed by atoms with van der Waals surface area (Å²) in [6, 6.07) is 0. The van der Waals surface area contributed by atoms with Gasteiger partial charge >= 0.3 is 0 Å². The summed E-state index contributed by atoms with van der Waals surface area (Å²) >= 11 is 3.30. The summed E-state index contributed by atoms with van der Waals surface area (Å²) in [7, 11) is 4.17. The van der Waals surface area contributed by atoms with Gasteiger partial charge in [0.05, 0.1) is 0 Å². The molecule has 0 aliphatic rings. The molecular weight excluding hydrogens is 226 g/mol. The molecule has 1 aromatic rings. The molecule has 0 unspecified atom stereocenters. The Morgan fingerprint density at radius 3 is 2.47 bits per heavy atom. The lowest BCUT2D eigenvalue weighted by molar-refractivity contribution is 0.437. The Hall–Kier alpha value is -0.130. The molecule has 0 amide bonds. The van der Waals surface area contributed by atoms with Gasteiger partial charge in [-0.3, -0.25) is 0 Å². The normalized spacial score (nSPS) is 12.4. The molecular formula is C10H19N3S2. The van der Waals surface area contributed by atoms with Crippen LogP contribution in [0.2, 0.25) is 0 Å². The molecule has 1 aromatic heterocycles. The molecule has 0 N–H and O–H groups in total. The van der Waals surface area contributed by atoms with E-state index < -0.39 is 0 Å². The average Bonchev–Trinajstić information content (AvgIpc) is 2.51. The van der Waals surface area contributed by atoms with Crippen molar-refractivity contribution in [1.82, 2.24) is 14.3 Å². The third-order valence-electron chi connectivity index (χ3n) is 1.84. The first-order valence-corrected chi connectivity index (χ1v) is 6.77. The summed E-state index contributed by atoms with van der Waals surface area (Å²) in [5.74, 6) is 2.03. The minimum absolute atomic E-state index is 0.0663. The zero-order valence-electron chi connectivity index (χ0n) is 10.1. The molecule has 0 fully saturated rings. The molecule has 1 heterocycles.